The summed E-state index contributed by atoms with van der Waals surface area (Å²) in [6.45, 7) is 9.15. The molecule has 3 aromatic rings. The third kappa shape index (κ3) is 3.65. The first kappa shape index (κ1) is 20.0. The monoisotopic (exact) mass is 409 g/mol. The molecule has 8 nitrogen and oxygen atoms in total. The Balaban J connectivity index is 1.57. The average molecular weight is 409 g/mol. The predicted molar refractivity (Wildman–Crippen MR) is 113 cm³/mol. The number of nitrogens with zero attached hydrogens (tertiary/aromatic N) is 3. The Morgan fingerprint density at radius 2 is 1.90 bits per heavy atom. The van der Waals surface area contributed by atoms with Gasteiger partial charge in [0, 0.05) is 18.3 Å². The average Bonchev–Trinajstić information content (AvgIpc) is 3.29. The first-order valence-electron chi connectivity index (χ1n) is 10.1. The number of aryl methyl sites for hydroxylation is 2. The fourth-order valence-electron chi connectivity index (χ4n) is 3.82. The zero-order valence-electron chi connectivity index (χ0n) is 17.9. The number of ether oxygens (including phenoxy) is 2. The van der Waals surface area contributed by atoms with Crippen molar-refractivity contribution in [2.45, 2.75) is 33.7 Å². The second-order valence-corrected chi connectivity index (χ2v) is 7.93. The SMILES string of the molecule is Cc1nn(C)c(C)c1-c1cc(C(=O)NC(c2ccc3c(c2)OCCO3)C(C)C)[nH]n1. The molecule has 1 atom stereocenters. The minimum absolute atomic E-state index is 0.179. The summed E-state index contributed by atoms with van der Waals surface area (Å²) in [5, 5.41) is 14.8. The van der Waals surface area contributed by atoms with E-state index in [9.17, 15) is 4.79 Å². The van der Waals surface area contributed by atoms with Crippen LogP contribution in [0.1, 0.15) is 47.3 Å². The highest BCUT2D eigenvalue weighted by molar-refractivity contribution is 5.93. The molecule has 30 heavy (non-hydrogen) atoms. The molecule has 1 aromatic carbocycles. The molecular weight excluding hydrogens is 382 g/mol. The molecule has 0 radical (unpaired) electrons. The van der Waals surface area contributed by atoms with Gasteiger partial charge in [0.1, 0.15) is 18.9 Å². The number of amides is 1. The number of carbonyl (C=O) groups is 1. The number of aromatic amines is 1. The number of benzene rings is 1. The molecule has 3 heterocycles. The summed E-state index contributed by atoms with van der Waals surface area (Å²) in [5.74, 6) is 1.42. The van der Waals surface area contributed by atoms with Gasteiger partial charge in [0.2, 0.25) is 0 Å². The second kappa shape index (κ2) is 7.85. The summed E-state index contributed by atoms with van der Waals surface area (Å²) in [6, 6.07) is 7.41. The fraction of sp³-hybridized carbons (Fsp3) is 0.409. The van der Waals surface area contributed by atoms with Crippen molar-refractivity contribution in [1.82, 2.24) is 25.3 Å². The van der Waals surface area contributed by atoms with E-state index >= 15 is 0 Å². The Hall–Kier alpha value is -3.29. The summed E-state index contributed by atoms with van der Waals surface area (Å²) >= 11 is 0. The molecule has 2 aromatic heterocycles. The van der Waals surface area contributed by atoms with E-state index in [4.69, 9.17) is 9.47 Å². The lowest BCUT2D eigenvalue weighted by Crippen LogP contribution is -2.32. The van der Waals surface area contributed by atoms with Crippen molar-refractivity contribution < 1.29 is 14.3 Å². The van der Waals surface area contributed by atoms with Crippen LogP contribution in [-0.2, 0) is 7.05 Å². The maximum atomic E-state index is 13.0. The van der Waals surface area contributed by atoms with Gasteiger partial charge in [-0.1, -0.05) is 19.9 Å². The van der Waals surface area contributed by atoms with E-state index in [1.54, 1.807) is 6.07 Å². The van der Waals surface area contributed by atoms with Gasteiger partial charge in [-0.15, -0.1) is 0 Å². The van der Waals surface area contributed by atoms with Gasteiger partial charge in [-0.3, -0.25) is 14.6 Å². The van der Waals surface area contributed by atoms with Gasteiger partial charge in [0.05, 0.1) is 17.4 Å². The van der Waals surface area contributed by atoms with Crippen LogP contribution in [0.2, 0.25) is 0 Å². The zero-order valence-corrected chi connectivity index (χ0v) is 17.9. The first-order valence-corrected chi connectivity index (χ1v) is 10.1. The van der Waals surface area contributed by atoms with Crippen LogP contribution in [0.3, 0.4) is 0 Å². The van der Waals surface area contributed by atoms with Gasteiger partial charge < -0.3 is 14.8 Å². The molecule has 0 aliphatic carbocycles. The molecule has 1 amide bonds. The summed E-state index contributed by atoms with van der Waals surface area (Å²) in [4.78, 5) is 13.0. The van der Waals surface area contributed by atoms with E-state index in [2.05, 4.69) is 34.5 Å². The number of carbonyl (C=O) groups excluding carboxylic acids is 1. The fourth-order valence-corrected chi connectivity index (χ4v) is 3.82. The van der Waals surface area contributed by atoms with Crippen molar-refractivity contribution in [2.75, 3.05) is 13.2 Å². The Morgan fingerprint density at radius 1 is 1.17 bits per heavy atom. The molecule has 2 N–H and O–H groups in total. The smallest absolute Gasteiger partial charge is 0.269 e. The lowest BCUT2D eigenvalue weighted by molar-refractivity contribution is 0.0920. The minimum atomic E-state index is -0.207. The molecule has 1 unspecified atom stereocenters. The largest absolute Gasteiger partial charge is 0.486 e. The van der Waals surface area contributed by atoms with Gasteiger partial charge in [0.15, 0.2) is 11.5 Å². The predicted octanol–water partition coefficient (Wildman–Crippen LogP) is 3.33. The van der Waals surface area contributed by atoms with Crippen LogP contribution < -0.4 is 14.8 Å². The number of hydrogen-bond donors (Lipinski definition) is 2. The maximum Gasteiger partial charge on any atom is 0.269 e. The van der Waals surface area contributed by atoms with E-state index in [-0.39, 0.29) is 17.9 Å². The Morgan fingerprint density at radius 3 is 2.57 bits per heavy atom. The molecule has 1 aliphatic rings. The van der Waals surface area contributed by atoms with E-state index in [1.807, 2.05) is 43.8 Å². The van der Waals surface area contributed by atoms with Crippen molar-refractivity contribution in [2.24, 2.45) is 13.0 Å². The highest BCUT2D eigenvalue weighted by atomic mass is 16.6. The van der Waals surface area contributed by atoms with Crippen LogP contribution in [0.15, 0.2) is 24.3 Å². The maximum absolute atomic E-state index is 13.0. The van der Waals surface area contributed by atoms with Gasteiger partial charge in [-0.05, 0) is 43.5 Å². The van der Waals surface area contributed by atoms with Crippen LogP contribution in [-0.4, -0.2) is 39.1 Å². The number of hydrogen-bond acceptors (Lipinski definition) is 5. The number of rotatable bonds is 5. The molecule has 0 spiro atoms. The van der Waals surface area contributed by atoms with Crippen LogP contribution in [0.25, 0.3) is 11.3 Å². The third-order valence-corrected chi connectivity index (χ3v) is 5.47. The quantitative estimate of drug-likeness (QED) is 0.674. The van der Waals surface area contributed by atoms with Crippen LogP contribution in [0.5, 0.6) is 11.5 Å². The summed E-state index contributed by atoms with van der Waals surface area (Å²) in [7, 11) is 1.90. The lowest BCUT2D eigenvalue weighted by atomic mass is 9.95. The molecule has 4 rings (SSSR count). The Kier molecular flexibility index (Phi) is 5.24. The topological polar surface area (TPSA) is 94.1 Å². The van der Waals surface area contributed by atoms with Crippen molar-refractivity contribution >= 4 is 5.91 Å². The second-order valence-electron chi connectivity index (χ2n) is 7.93. The Bertz CT molecular complexity index is 1080. The number of aromatic nitrogens is 4. The van der Waals surface area contributed by atoms with Crippen LogP contribution in [0.4, 0.5) is 0 Å². The van der Waals surface area contributed by atoms with Crippen molar-refractivity contribution in [1.29, 1.82) is 0 Å². The van der Waals surface area contributed by atoms with Crippen LogP contribution in [0, 0.1) is 19.8 Å². The lowest BCUT2D eigenvalue weighted by Gasteiger charge is -2.25. The summed E-state index contributed by atoms with van der Waals surface area (Å²) < 4.78 is 13.1. The molecular formula is C22H27N5O3. The minimum Gasteiger partial charge on any atom is -0.486 e. The standard InChI is InChI=1S/C22H27N5O3/c1-12(2)21(15-6-7-18-19(10-15)30-9-8-29-18)23-22(28)17-11-16(24-25-17)20-13(3)26-27(5)14(20)4/h6-7,10-12,21H,8-9H2,1-5H3,(H,23,28)(H,24,25). The molecule has 1 aliphatic heterocycles. The van der Waals surface area contributed by atoms with Crippen molar-refractivity contribution in [3.05, 3.63) is 46.9 Å². The van der Waals surface area contributed by atoms with Crippen molar-refractivity contribution in [3.63, 3.8) is 0 Å². The highest BCUT2D eigenvalue weighted by Crippen LogP contribution is 2.34. The first-order chi connectivity index (χ1) is 14.3. The molecule has 0 bridgehead atoms. The number of H-pyrrole nitrogens is 1. The molecule has 158 valence electrons. The summed E-state index contributed by atoms with van der Waals surface area (Å²) in [5.41, 5.74) is 4.92. The Labute approximate surface area is 175 Å². The van der Waals surface area contributed by atoms with Gasteiger partial charge in [-0.2, -0.15) is 10.2 Å². The zero-order chi connectivity index (χ0) is 21.4. The third-order valence-electron chi connectivity index (χ3n) is 5.47. The van der Waals surface area contributed by atoms with Gasteiger partial charge in [0.25, 0.3) is 5.91 Å². The van der Waals surface area contributed by atoms with Crippen LogP contribution >= 0.6 is 0 Å². The number of fused-ring (bicyclic) bond motifs is 1. The molecule has 8 heteroatoms. The molecule has 0 saturated heterocycles. The van der Waals surface area contributed by atoms with Crippen molar-refractivity contribution in [3.8, 4) is 22.8 Å². The van der Waals surface area contributed by atoms with E-state index in [0.717, 1.165) is 28.3 Å². The van der Waals surface area contributed by atoms with Gasteiger partial charge >= 0.3 is 0 Å². The molecule has 0 fully saturated rings. The van der Waals surface area contributed by atoms with E-state index in [1.165, 1.54) is 0 Å². The summed E-state index contributed by atoms with van der Waals surface area (Å²) in [6.07, 6.45) is 0. The van der Waals surface area contributed by atoms with Gasteiger partial charge in [-0.25, -0.2) is 0 Å². The normalized spacial score (nSPS) is 14.1. The van der Waals surface area contributed by atoms with E-state index < -0.39 is 0 Å². The van der Waals surface area contributed by atoms with E-state index in [0.29, 0.717) is 30.4 Å². The highest BCUT2D eigenvalue weighted by Gasteiger charge is 2.24. The number of nitrogens with one attached hydrogen (secondary N) is 2. The molecule has 0 saturated carbocycles.